The van der Waals surface area contributed by atoms with Crippen LogP contribution in [0.4, 0.5) is 0 Å². The monoisotopic (exact) mass is 402 g/mol. The molecule has 0 spiro atoms. The zero-order valence-corrected chi connectivity index (χ0v) is 18.1. The molecule has 3 unspecified atom stereocenters. The first kappa shape index (κ1) is 21.8. The number of carbonyl (C=O) groups excluding carboxylic acids is 2. The van der Waals surface area contributed by atoms with Crippen LogP contribution >= 0.6 is 0 Å². The molecule has 1 aromatic carbocycles. The zero-order chi connectivity index (χ0) is 21.2. The van der Waals surface area contributed by atoms with Crippen LogP contribution in [-0.2, 0) is 25.5 Å². The Morgan fingerprint density at radius 2 is 1.90 bits per heavy atom. The number of ether oxygens (including phenoxy) is 2. The third kappa shape index (κ3) is 5.80. The summed E-state index contributed by atoms with van der Waals surface area (Å²) in [7, 11) is 1.65. The minimum Gasteiger partial charge on any atom is -0.458 e. The van der Waals surface area contributed by atoms with Crippen molar-refractivity contribution in [3.05, 3.63) is 35.9 Å². The highest BCUT2D eigenvalue weighted by atomic mass is 16.6. The summed E-state index contributed by atoms with van der Waals surface area (Å²) in [6, 6.07) is 9.68. The Balaban J connectivity index is 1.67. The van der Waals surface area contributed by atoms with Gasteiger partial charge in [-0.3, -0.25) is 4.79 Å². The number of rotatable bonds is 8. The van der Waals surface area contributed by atoms with Gasteiger partial charge in [-0.1, -0.05) is 37.3 Å². The molecule has 1 aliphatic heterocycles. The third-order valence-corrected chi connectivity index (χ3v) is 5.77. The number of fused-ring (bicyclic) bond motifs is 1. The second-order valence-electron chi connectivity index (χ2n) is 9.38. The van der Waals surface area contributed by atoms with Crippen molar-refractivity contribution in [3.8, 4) is 0 Å². The first-order valence-electron chi connectivity index (χ1n) is 10.5. The second kappa shape index (κ2) is 8.84. The Morgan fingerprint density at radius 3 is 2.45 bits per heavy atom. The largest absolute Gasteiger partial charge is 0.458 e. The second-order valence-corrected chi connectivity index (χ2v) is 9.38. The van der Waals surface area contributed by atoms with E-state index in [0.717, 1.165) is 17.9 Å². The topological polar surface area (TPSA) is 76.7 Å². The maximum atomic E-state index is 13.0. The van der Waals surface area contributed by atoms with Crippen molar-refractivity contribution in [1.29, 1.82) is 0 Å². The fourth-order valence-electron chi connectivity index (χ4n) is 4.20. The lowest BCUT2D eigenvalue weighted by atomic mass is 9.94. The highest BCUT2D eigenvalue weighted by Gasteiger charge is 2.49. The predicted molar refractivity (Wildman–Crippen MR) is 111 cm³/mol. The van der Waals surface area contributed by atoms with E-state index in [4.69, 9.17) is 9.47 Å². The van der Waals surface area contributed by atoms with Crippen LogP contribution in [0.15, 0.2) is 30.3 Å². The fraction of sp³-hybridized carbons (Fsp3) is 0.652. The number of methoxy groups -OCH3 is 1. The van der Waals surface area contributed by atoms with Crippen LogP contribution in [0.5, 0.6) is 0 Å². The SMILES string of the molecule is COC(C(C)C(=O)NC(Cc1ccccc1)C(=O)OC(C)(C)C)[C@@H]1C[C@@H]2C[C@@H]2N1. The Labute approximate surface area is 173 Å². The lowest BCUT2D eigenvalue weighted by molar-refractivity contribution is -0.159. The van der Waals surface area contributed by atoms with Crippen molar-refractivity contribution in [2.45, 2.75) is 76.8 Å². The van der Waals surface area contributed by atoms with E-state index in [1.165, 1.54) is 6.42 Å². The van der Waals surface area contributed by atoms with Gasteiger partial charge in [0.2, 0.25) is 5.91 Å². The van der Waals surface area contributed by atoms with Gasteiger partial charge in [-0.15, -0.1) is 0 Å². The maximum Gasteiger partial charge on any atom is 0.329 e. The zero-order valence-electron chi connectivity index (χ0n) is 18.1. The number of nitrogens with one attached hydrogen (secondary N) is 2. The molecule has 6 heteroatoms. The number of amides is 1. The average molecular weight is 403 g/mol. The lowest BCUT2D eigenvalue weighted by Gasteiger charge is -2.30. The molecule has 1 amide bonds. The molecule has 2 aliphatic rings. The van der Waals surface area contributed by atoms with E-state index < -0.39 is 17.6 Å². The molecule has 1 saturated heterocycles. The van der Waals surface area contributed by atoms with Crippen LogP contribution in [-0.4, -0.2) is 48.8 Å². The minimum absolute atomic E-state index is 0.179. The number of hydrogen-bond donors (Lipinski definition) is 2. The molecule has 1 aromatic rings. The summed E-state index contributed by atoms with van der Waals surface area (Å²) >= 11 is 0. The first-order valence-corrected chi connectivity index (χ1v) is 10.5. The molecule has 6 atom stereocenters. The smallest absolute Gasteiger partial charge is 0.329 e. The van der Waals surface area contributed by atoms with E-state index in [-0.39, 0.29) is 24.0 Å². The first-order chi connectivity index (χ1) is 13.7. The Hall–Kier alpha value is -1.92. The van der Waals surface area contributed by atoms with Gasteiger partial charge in [-0.05, 0) is 45.1 Å². The van der Waals surface area contributed by atoms with Crippen LogP contribution in [0.3, 0.4) is 0 Å². The van der Waals surface area contributed by atoms with E-state index in [1.54, 1.807) is 7.11 Å². The molecule has 29 heavy (non-hydrogen) atoms. The molecule has 6 nitrogen and oxygen atoms in total. The van der Waals surface area contributed by atoms with Crippen molar-refractivity contribution in [2.75, 3.05) is 7.11 Å². The molecule has 0 radical (unpaired) electrons. The lowest BCUT2D eigenvalue weighted by Crippen LogP contribution is -2.52. The predicted octanol–water partition coefficient (Wildman–Crippen LogP) is 2.46. The van der Waals surface area contributed by atoms with Crippen molar-refractivity contribution in [3.63, 3.8) is 0 Å². The van der Waals surface area contributed by atoms with E-state index in [9.17, 15) is 9.59 Å². The van der Waals surface area contributed by atoms with Gasteiger partial charge >= 0.3 is 5.97 Å². The van der Waals surface area contributed by atoms with Crippen molar-refractivity contribution in [1.82, 2.24) is 10.6 Å². The minimum atomic E-state index is -0.742. The molecule has 1 heterocycles. The molecule has 2 N–H and O–H groups in total. The number of hydrogen-bond acceptors (Lipinski definition) is 5. The molecule has 0 aromatic heterocycles. The van der Waals surface area contributed by atoms with Crippen LogP contribution in [0, 0.1) is 11.8 Å². The number of carbonyl (C=O) groups is 2. The van der Waals surface area contributed by atoms with Crippen LogP contribution in [0.25, 0.3) is 0 Å². The number of piperidine rings is 1. The molecule has 1 aliphatic carbocycles. The summed E-state index contributed by atoms with van der Waals surface area (Å²) in [5, 5.41) is 6.49. The van der Waals surface area contributed by atoms with Gasteiger partial charge in [0.25, 0.3) is 0 Å². The summed E-state index contributed by atoms with van der Waals surface area (Å²) in [5.74, 6) is -0.265. The Morgan fingerprint density at radius 1 is 1.21 bits per heavy atom. The quantitative estimate of drug-likeness (QED) is 0.653. The average Bonchev–Trinajstić information content (AvgIpc) is 3.26. The summed E-state index contributed by atoms with van der Waals surface area (Å²) < 4.78 is 11.2. The molecule has 3 rings (SSSR count). The van der Waals surface area contributed by atoms with Crippen molar-refractivity contribution < 1.29 is 19.1 Å². The summed E-state index contributed by atoms with van der Waals surface area (Å²) in [4.78, 5) is 25.8. The van der Waals surface area contributed by atoms with Crippen LogP contribution in [0.1, 0.15) is 46.1 Å². The summed E-state index contributed by atoms with van der Waals surface area (Å²) in [6.45, 7) is 7.34. The van der Waals surface area contributed by atoms with E-state index in [1.807, 2.05) is 58.0 Å². The number of benzene rings is 1. The third-order valence-electron chi connectivity index (χ3n) is 5.77. The molecule has 1 saturated carbocycles. The van der Waals surface area contributed by atoms with Gasteiger partial charge in [0.05, 0.1) is 12.0 Å². The van der Waals surface area contributed by atoms with Gasteiger partial charge in [0.15, 0.2) is 0 Å². The van der Waals surface area contributed by atoms with E-state index in [2.05, 4.69) is 10.6 Å². The van der Waals surface area contributed by atoms with E-state index in [0.29, 0.717) is 12.5 Å². The van der Waals surface area contributed by atoms with Gasteiger partial charge < -0.3 is 20.1 Å². The van der Waals surface area contributed by atoms with Crippen LogP contribution < -0.4 is 10.6 Å². The Kier molecular flexibility index (Phi) is 6.64. The van der Waals surface area contributed by atoms with Gasteiger partial charge in [-0.2, -0.15) is 0 Å². The molecule has 160 valence electrons. The molecule has 2 fully saturated rings. The Bertz CT molecular complexity index is 705. The summed E-state index contributed by atoms with van der Waals surface area (Å²) in [6.07, 6.45) is 2.43. The highest BCUT2D eigenvalue weighted by molar-refractivity contribution is 5.86. The van der Waals surface area contributed by atoms with Gasteiger partial charge in [0, 0.05) is 25.6 Å². The van der Waals surface area contributed by atoms with E-state index >= 15 is 0 Å². The summed E-state index contributed by atoms with van der Waals surface area (Å²) in [5.41, 5.74) is 0.351. The molecule has 0 bridgehead atoms. The molecular formula is C23H34N2O4. The highest BCUT2D eigenvalue weighted by Crippen LogP contribution is 2.42. The fourth-order valence-corrected chi connectivity index (χ4v) is 4.20. The number of esters is 1. The normalized spacial score (nSPS) is 26.2. The van der Waals surface area contributed by atoms with Gasteiger partial charge in [-0.25, -0.2) is 4.79 Å². The standard InChI is InChI=1S/C23H34N2O4/c1-14(20(28-5)18-13-16-12-17(16)24-18)21(26)25-19(22(27)29-23(2,3)4)11-15-9-7-6-8-10-15/h6-10,14,16-20,24H,11-13H2,1-5H3,(H,25,26)/t14?,16-,17-,18-,19?,20?/m0/s1. The van der Waals surface area contributed by atoms with Crippen LogP contribution in [0.2, 0.25) is 0 Å². The van der Waals surface area contributed by atoms with Crippen molar-refractivity contribution >= 4 is 11.9 Å². The van der Waals surface area contributed by atoms with Gasteiger partial charge in [0.1, 0.15) is 11.6 Å². The molecular weight excluding hydrogens is 368 g/mol. The van der Waals surface area contributed by atoms with Crippen molar-refractivity contribution in [2.24, 2.45) is 11.8 Å². The maximum absolute atomic E-state index is 13.0.